The largest absolute Gasteiger partial charge is 0.389 e. The molecule has 8 nitrogen and oxygen atoms in total. The van der Waals surface area contributed by atoms with Gasteiger partial charge in [-0.1, -0.05) is 11.6 Å². The monoisotopic (exact) mass is 338 g/mol. The molecule has 118 valence electrons. The minimum Gasteiger partial charge on any atom is -0.389 e. The van der Waals surface area contributed by atoms with Crippen LogP contribution < -0.4 is 0 Å². The molecule has 0 bridgehead atoms. The topological polar surface area (TPSA) is 110 Å². The number of aliphatic hydroxyl groups excluding tert-OH is 1. The molecule has 1 atom stereocenters. The molecule has 0 heterocycles. The third-order valence-corrected chi connectivity index (χ3v) is 4.74. The van der Waals surface area contributed by atoms with Crippen LogP contribution in [0.5, 0.6) is 0 Å². The van der Waals surface area contributed by atoms with Crippen LogP contribution >= 0.6 is 11.6 Å². The highest BCUT2D eigenvalue weighted by Gasteiger charge is 2.30. The Labute approximate surface area is 127 Å². The molecular weight excluding hydrogens is 324 g/mol. The second-order valence-electron chi connectivity index (χ2n) is 4.26. The number of nitro groups is 1. The van der Waals surface area contributed by atoms with E-state index in [4.69, 9.17) is 16.3 Å². The molecule has 0 aliphatic heterocycles. The van der Waals surface area contributed by atoms with Gasteiger partial charge in [-0.2, -0.15) is 4.31 Å². The molecule has 10 heteroatoms. The molecule has 0 aliphatic rings. The van der Waals surface area contributed by atoms with E-state index in [0.29, 0.717) is 0 Å². The SMILES string of the molecule is COCC(O)CN(C)S(=O)(=O)c1ccc(Cl)cc1[N+](=O)[O-]. The standard InChI is InChI=1S/C11H15ClN2O6S/c1-13(6-9(15)7-20-2)21(18,19)11-4-3-8(12)5-10(11)14(16)17/h3-5,9,15H,6-7H2,1-2H3. The summed E-state index contributed by atoms with van der Waals surface area (Å²) in [5.74, 6) is 0. The molecule has 0 radical (unpaired) electrons. The Kier molecular flexibility index (Phi) is 6.05. The summed E-state index contributed by atoms with van der Waals surface area (Å²) in [5.41, 5.74) is -0.615. The van der Waals surface area contributed by atoms with Crippen LogP contribution in [0.1, 0.15) is 0 Å². The lowest BCUT2D eigenvalue weighted by Gasteiger charge is -2.20. The van der Waals surface area contributed by atoms with Gasteiger partial charge in [-0.25, -0.2) is 8.42 Å². The van der Waals surface area contributed by atoms with Crippen molar-refractivity contribution >= 4 is 27.3 Å². The number of sulfonamides is 1. The third kappa shape index (κ3) is 4.35. The summed E-state index contributed by atoms with van der Waals surface area (Å²) in [6.07, 6.45) is -1.04. The summed E-state index contributed by atoms with van der Waals surface area (Å²) in [6, 6.07) is 3.28. The second kappa shape index (κ2) is 7.14. The van der Waals surface area contributed by atoms with Crippen LogP contribution in [0.15, 0.2) is 23.1 Å². The number of hydrogen-bond acceptors (Lipinski definition) is 6. The van der Waals surface area contributed by atoms with E-state index in [2.05, 4.69) is 0 Å². The fourth-order valence-corrected chi connectivity index (χ4v) is 3.17. The Balaban J connectivity index is 3.16. The van der Waals surface area contributed by atoms with Crippen molar-refractivity contribution in [3.05, 3.63) is 33.3 Å². The first-order valence-electron chi connectivity index (χ1n) is 5.77. The Morgan fingerprint density at radius 1 is 1.52 bits per heavy atom. The van der Waals surface area contributed by atoms with Crippen LogP contribution in [-0.2, 0) is 14.8 Å². The molecule has 1 aromatic rings. The van der Waals surface area contributed by atoms with Gasteiger partial charge in [0.1, 0.15) is 0 Å². The maximum absolute atomic E-state index is 12.3. The molecule has 1 rings (SSSR count). The van der Waals surface area contributed by atoms with E-state index in [1.165, 1.54) is 20.2 Å². The molecule has 0 aliphatic carbocycles. The lowest BCUT2D eigenvalue weighted by atomic mass is 10.3. The van der Waals surface area contributed by atoms with Crippen molar-refractivity contribution in [2.45, 2.75) is 11.0 Å². The van der Waals surface area contributed by atoms with Gasteiger partial charge in [-0.05, 0) is 12.1 Å². The van der Waals surface area contributed by atoms with Gasteiger partial charge in [0.05, 0.1) is 17.6 Å². The van der Waals surface area contributed by atoms with Gasteiger partial charge in [0, 0.05) is 31.8 Å². The number of rotatable bonds is 7. The first-order valence-corrected chi connectivity index (χ1v) is 7.59. The molecule has 1 aromatic carbocycles. The Hall–Kier alpha value is -1.26. The predicted octanol–water partition coefficient (Wildman–Crippen LogP) is 0.876. The maximum Gasteiger partial charge on any atom is 0.290 e. The molecule has 0 aromatic heterocycles. The van der Waals surface area contributed by atoms with Crippen LogP contribution in [0.3, 0.4) is 0 Å². The number of benzene rings is 1. The van der Waals surface area contributed by atoms with Crippen molar-refractivity contribution in [3.8, 4) is 0 Å². The average molecular weight is 339 g/mol. The molecule has 1 N–H and O–H groups in total. The van der Waals surface area contributed by atoms with Gasteiger partial charge in [0.25, 0.3) is 5.69 Å². The Morgan fingerprint density at radius 3 is 2.67 bits per heavy atom. The van der Waals surface area contributed by atoms with Gasteiger partial charge in [-0.3, -0.25) is 10.1 Å². The zero-order valence-electron chi connectivity index (χ0n) is 11.4. The number of hydrogen-bond donors (Lipinski definition) is 1. The fraction of sp³-hybridized carbons (Fsp3) is 0.455. The summed E-state index contributed by atoms with van der Waals surface area (Å²) in [4.78, 5) is 9.66. The molecule has 21 heavy (non-hydrogen) atoms. The minimum atomic E-state index is -4.13. The number of ether oxygens (including phenoxy) is 1. The molecular formula is C11H15ClN2O6S. The third-order valence-electron chi connectivity index (χ3n) is 2.63. The summed E-state index contributed by atoms with van der Waals surface area (Å²) >= 11 is 5.65. The van der Waals surface area contributed by atoms with Crippen LogP contribution in [0.4, 0.5) is 5.69 Å². The molecule has 0 amide bonds. The number of nitro benzene ring substituents is 1. The first kappa shape index (κ1) is 17.8. The summed E-state index contributed by atoms with van der Waals surface area (Å²) in [5, 5.41) is 20.6. The van der Waals surface area contributed by atoms with Crippen molar-refractivity contribution in [2.75, 3.05) is 27.3 Å². The van der Waals surface area contributed by atoms with Gasteiger partial charge in [-0.15, -0.1) is 0 Å². The van der Waals surface area contributed by atoms with E-state index in [9.17, 15) is 23.6 Å². The lowest BCUT2D eigenvalue weighted by molar-refractivity contribution is -0.387. The highest BCUT2D eigenvalue weighted by atomic mass is 35.5. The van der Waals surface area contributed by atoms with E-state index in [-0.39, 0.29) is 18.2 Å². The quantitative estimate of drug-likeness (QED) is 0.583. The number of aliphatic hydroxyl groups is 1. The van der Waals surface area contributed by atoms with Gasteiger partial charge in [0.2, 0.25) is 10.0 Å². The van der Waals surface area contributed by atoms with Gasteiger partial charge >= 0.3 is 0 Å². The van der Waals surface area contributed by atoms with E-state index in [0.717, 1.165) is 16.4 Å². The number of likely N-dealkylation sites (N-methyl/N-ethyl adjacent to an activating group) is 1. The van der Waals surface area contributed by atoms with Crippen molar-refractivity contribution in [1.82, 2.24) is 4.31 Å². The first-order chi connectivity index (χ1) is 9.70. The van der Waals surface area contributed by atoms with Crippen molar-refractivity contribution < 1.29 is 23.2 Å². The van der Waals surface area contributed by atoms with E-state index in [1.807, 2.05) is 0 Å². The molecule has 0 saturated heterocycles. The van der Waals surface area contributed by atoms with Crippen LogP contribution in [-0.4, -0.2) is 56.2 Å². The highest BCUT2D eigenvalue weighted by molar-refractivity contribution is 7.89. The Bertz CT molecular complexity index is 621. The summed E-state index contributed by atoms with van der Waals surface area (Å²) in [7, 11) is -1.55. The average Bonchev–Trinajstić information content (AvgIpc) is 2.38. The summed E-state index contributed by atoms with van der Waals surface area (Å²) < 4.78 is 30.2. The number of nitrogens with zero attached hydrogens (tertiary/aromatic N) is 2. The highest BCUT2D eigenvalue weighted by Crippen LogP contribution is 2.29. The van der Waals surface area contributed by atoms with Gasteiger partial charge in [0.15, 0.2) is 4.90 Å². The van der Waals surface area contributed by atoms with E-state index >= 15 is 0 Å². The zero-order chi connectivity index (χ0) is 16.2. The lowest BCUT2D eigenvalue weighted by Crippen LogP contribution is -2.36. The number of methoxy groups -OCH3 is 1. The second-order valence-corrected chi connectivity index (χ2v) is 6.71. The van der Waals surface area contributed by atoms with Crippen LogP contribution in [0.2, 0.25) is 5.02 Å². The van der Waals surface area contributed by atoms with Crippen molar-refractivity contribution in [1.29, 1.82) is 0 Å². The zero-order valence-corrected chi connectivity index (χ0v) is 13.0. The Morgan fingerprint density at radius 2 is 2.14 bits per heavy atom. The van der Waals surface area contributed by atoms with E-state index in [1.54, 1.807) is 0 Å². The maximum atomic E-state index is 12.3. The minimum absolute atomic E-state index is 0.0530. The van der Waals surface area contributed by atoms with Crippen LogP contribution in [0, 0.1) is 10.1 Å². The summed E-state index contributed by atoms with van der Waals surface area (Å²) in [6.45, 7) is -0.307. The molecule has 0 saturated carbocycles. The van der Waals surface area contributed by atoms with Crippen molar-refractivity contribution in [2.24, 2.45) is 0 Å². The molecule has 0 spiro atoms. The smallest absolute Gasteiger partial charge is 0.290 e. The van der Waals surface area contributed by atoms with E-state index < -0.39 is 31.6 Å². The van der Waals surface area contributed by atoms with Crippen molar-refractivity contribution in [3.63, 3.8) is 0 Å². The number of halogens is 1. The molecule has 1 unspecified atom stereocenters. The molecule has 0 fully saturated rings. The normalized spacial score (nSPS) is 13.4. The fourth-order valence-electron chi connectivity index (χ4n) is 1.66. The predicted molar refractivity (Wildman–Crippen MR) is 75.8 cm³/mol. The van der Waals surface area contributed by atoms with Gasteiger partial charge < -0.3 is 9.84 Å². The van der Waals surface area contributed by atoms with Crippen LogP contribution in [0.25, 0.3) is 0 Å².